The summed E-state index contributed by atoms with van der Waals surface area (Å²) in [7, 11) is 0. The number of hydrogen-bond acceptors (Lipinski definition) is 3. The number of hydrogen-bond donors (Lipinski definition) is 3. The molecule has 0 spiro atoms. The van der Waals surface area contributed by atoms with Gasteiger partial charge in [-0.15, -0.1) is 0 Å². The Kier molecular flexibility index (Phi) is 4.82. The van der Waals surface area contributed by atoms with Gasteiger partial charge in [0.25, 0.3) is 0 Å². The summed E-state index contributed by atoms with van der Waals surface area (Å²) in [6.07, 6.45) is 4.27. The Hall–Kier alpha value is -1.07. The molecule has 19 heavy (non-hydrogen) atoms. The van der Waals surface area contributed by atoms with E-state index in [0.717, 1.165) is 5.56 Å². The largest absolute Gasteiger partial charge is 0.387 e. The molecule has 0 aliphatic heterocycles. The van der Waals surface area contributed by atoms with Gasteiger partial charge in [-0.2, -0.15) is 11.3 Å². The quantitative estimate of drug-likeness (QED) is 0.777. The van der Waals surface area contributed by atoms with E-state index in [2.05, 4.69) is 17.6 Å². The van der Waals surface area contributed by atoms with E-state index in [-0.39, 0.29) is 18.0 Å². The number of rotatable bonds is 5. The van der Waals surface area contributed by atoms with Gasteiger partial charge in [0.15, 0.2) is 0 Å². The standard InChI is InChI=1S/C14H22N2O2S/c1-14(5-2-3-6-14)10-16-13(18)15-8-12(17)11-4-7-19-9-11/h4,7,9,12,17H,2-3,5-6,8,10H2,1H3,(H2,15,16,18). The number of urea groups is 1. The van der Waals surface area contributed by atoms with E-state index in [1.807, 2.05) is 16.8 Å². The number of amides is 2. The lowest BCUT2D eigenvalue weighted by Gasteiger charge is -2.23. The van der Waals surface area contributed by atoms with Crippen molar-refractivity contribution < 1.29 is 9.90 Å². The second-order valence-corrected chi connectivity index (χ2v) is 6.43. The van der Waals surface area contributed by atoms with E-state index in [1.54, 1.807) is 11.3 Å². The zero-order chi connectivity index (χ0) is 13.7. The minimum atomic E-state index is -0.626. The molecule has 4 nitrogen and oxygen atoms in total. The molecule has 1 fully saturated rings. The monoisotopic (exact) mass is 282 g/mol. The molecule has 2 rings (SSSR count). The van der Waals surface area contributed by atoms with E-state index >= 15 is 0 Å². The van der Waals surface area contributed by atoms with Crippen LogP contribution in [0.4, 0.5) is 4.79 Å². The SMILES string of the molecule is CC1(CNC(=O)NCC(O)c2ccsc2)CCCC1. The van der Waals surface area contributed by atoms with Gasteiger partial charge in [0.2, 0.25) is 0 Å². The Bertz CT molecular complexity index is 400. The topological polar surface area (TPSA) is 61.4 Å². The number of nitrogens with one attached hydrogen (secondary N) is 2. The van der Waals surface area contributed by atoms with E-state index in [4.69, 9.17) is 0 Å². The van der Waals surface area contributed by atoms with Crippen molar-refractivity contribution in [2.75, 3.05) is 13.1 Å². The average molecular weight is 282 g/mol. The third kappa shape index (κ3) is 4.21. The highest BCUT2D eigenvalue weighted by Gasteiger charge is 2.28. The number of carbonyl (C=O) groups excluding carboxylic acids is 1. The zero-order valence-electron chi connectivity index (χ0n) is 11.3. The van der Waals surface area contributed by atoms with Gasteiger partial charge in [0.1, 0.15) is 0 Å². The van der Waals surface area contributed by atoms with Gasteiger partial charge in [0, 0.05) is 13.1 Å². The third-order valence-corrected chi connectivity index (χ3v) is 4.57. The molecule has 0 radical (unpaired) electrons. The first-order valence-corrected chi connectivity index (χ1v) is 7.75. The molecule has 1 aliphatic carbocycles. The fourth-order valence-electron chi connectivity index (χ4n) is 2.53. The highest BCUT2D eigenvalue weighted by Crippen LogP contribution is 2.36. The maximum atomic E-state index is 11.7. The molecule has 106 valence electrons. The highest BCUT2D eigenvalue weighted by atomic mass is 32.1. The van der Waals surface area contributed by atoms with Crippen LogP contribution in [0, 0.1) is 5.41 Å². The summed E-state index contributed by atoms with van der Waals surface area (Å²) in [4.78, 5) is 11.7. The van der Waals surface area contributed by atoms with Crippen molar-refractivity contribution in [1.82, 2.24) is 10.6 Å². The number of thiophene rings is 1. The molecule has 0 bridgehead atoms. The van der Waals surface area contributed by atoms with Crippen LogP contribution in [0.1, 0.15) is 44.3 Å². The van der Waals surface area contributed by atoms with E-state index < -0.39 is 6.10 Å². The smallest absolute Gasteiger partial charge is 0.314 e. The van der Waals surface area contributed by atoms with Crippen molar-refractivity contribution in [3.63, 3.8) is 0 Å². The fourth-order valence-corrected chi connectivity index (χ4v) is 3.24. The Labute approximate surface area is 118 Å². The molecule has 1 atom stereocenters. The molecule has 0 aromatic carbocycles. The van der Waals surface area contributed by atoms with Gasteiger partial charge in [-0.1, -0.05) is 19.8 Å². The molecule has 1 saturated carbocycles. The lowest BCUT2D eigenvalue weighted by molar-refractivity contribution is 0.172. The summed E-state index contributed by atoms with van der Waals surface area (Å²) in [5.74, 6) is 0. The number of aliphatic hydroxyl groups is 1. The molecule has 3 N–H and O–H groups in total. The van der Waals surface area contributed by atoms with Crippen molar-refractivity contribution in [2.24, 2.45) is 5.41 Å². The van der Waals surface area contributed by atoms with E-state index in [9.17, 15) is 9.90 Å². The van der Waals surface area contributed by atoms with Gasteiger partial charge >= 0.3 is 6.03 Å². The average Bonchev–Trinajstić information content (AvgIpc) is 3.05. The van der Waals surface area contributed by atoms with Gasteiger partial charge in [-0.05, 0) is 40.6 Å². The Morgan fingerprint density at radius 3 is 2.84 bits per heavy atom. The van der Waals surface area contributed by atoms with Gasteiger partial charge in [-0.25, -0.2) is 4.79 Å². The molecular formula is C14H22N2O2S. The van der Waals surface area contributed by atoms with Crippen LogP contribution in [-0.4, -0.2) is 24.2 Å². The minimum absolute atomic E-state index is 0.192. The second-order valence-electron chi connectivity index (χ2n) is 5.65. The van der Waals surface area contributed by atoms with Crippen LogP contribution in [-0.2, 0) is 0 Å². The molecule has 0 saturated heterocycles. The van der Waals surface area contributed by atoms with Crippen molar-refractivity contribution >= 4 is 17.4 Å². The molecule has 1 aliphatic rings. The first-order chi connectivity index (χ1) is 9.09. The van der Waals surface area contributed by atoms with Gasteiger partial charge in [0.05, 0.1) is 6.10 Å². The molecule has 2 amide bonds. The molecule has 1 heterocycles. The molecule has 1 unspecified atom stereocenters. The summed E-state index contributed by atoms with van der Waals surface area (Å²) in [5.41, 5.74) is 1.11. The summed E-state index contributed by atoms with van der Waals surface area (Å²) >= 11 is 1.54. The van der Waals surface area contributed by atoms with Crippen molar-refractivity contribution in [3.05, 3.63) is 22.4 Å². The first-order valence-electron chi connectivity index (χ1n) is 6.81. The van der Waals surface area contributed by atoms with E-state index in [0.29, 0.717) is 6.54 Å². The Morgan fingerprint density at radius 1 is 1.47 bits per heavy atom. The van der Waals surface area contributed by atoms with Crippen LogP contribution in [0.15, 0.2) is 16.8 Å². The number of aliphatic hydroxyl groups excluding tert-OH is 1. The highest BCUT2D eigenvalue weighted by molar-refractivity contribution is 7.07. The summed E-state index contributed by atoms with van der Waals surface area (Å²) in [5, 5.41) is 19.3. The normalized spacial score (nSPS) is 19.1. The molecule has 5 heteroatoms. The van der Waals surface area contributed by atoms with Crippen molar-refractivity contribution in [3.8, 4) is 0 Å². The summed E-state index contributed by atoms with van der Waals surface area (Å²) in [6.45, 7) is 3.19. The van der Waals surface area contributed by atoms with Gasteiger partial charge < -0.3 is 15.7 Å². The maximum Gasteiger partial charge on any atom is 0.314 e. The van der Waals surface area contributed by atoms with Gasteiger partial charge in [-0.3, -0.25) is 0 Å². The first kappa shape index (κ1) is 14.3. The molecular weight excluding hydrogens is 260 g/mol. The third-order valence-electron chi connectivity index (χ3n) is 3.87. The Balaban J connectivity index is 1.67. The maximum absolute atomic E-state index is 11.7. The van der Waals surface area contributed by atoms with Crippen LogP contribution in [0.3, 0.4) is 0 Å². The van der Waals surface area contributed by atoms with Crippen LogP contribution in [0.25, 0.3) is 0 Å². The van der Waals surface area contributed by atoms with Crippen LogP contribution >= 0.6 is 11.3 Å². The molecule has 1 aromatic heterocycles. The van der Waals surface area contributed by atoms with Crippen molar-refractivity contribution in [2.45, 2.75) is 38.7 Å². The minimum Gasteiger partial charge on any atom is -0.387 e. The van der Waals surface area contributed by atoms with E-state index in [1.165, 1.54) is 25.7 Å². The predicted molar refractivity (Wildman–Crippen MR) is 77.3 cm³/mol. The summed E-state index contributed by atoms with van der Waals surface area (Å²) < 4.78 is 0. The van der Waals surface area contributed by atoms with Crippen molar-refractivity contribution in [1.29, 1.82) is 0 Å². The fraction of sp³-hybridized carbons (Fsp3) is 0.643. The molecule has 1 aromatic rings. The summed E-state index contributed by atoms with van der Waals surface area (Å²) in [6, 6.07) is 1.68. The van der Waals surface area contributed by atoms with Crippen LogP contribution in [0.2, 0.25) is 0 Å². The zero-order valence-corrected chi connectivity index (χ0v) is 12.1. The lowest BCUT2D eigenvalue weighted by atomic mass is 9.89. The Morgan fingerprint density at radius 2 is 2.21 bits per heavy atom. The predicted octanol–water partition coefficient (Wildman–Crippen LogP) is 2.66. The number of carbonyl (C=O) groups is 1. The second kappa shape index (κ2) is 6.39. The van der Waals surface area contributed by atoms with Crippen LogP contribution < -0.4 is 10.6 Å². The lowest BCUT2D eigenvalue weighted by Crippen LogP contribution is -2.42. The van der Waals surface area contributed by atoms with Crippen LogP contribution in [0.5, 0.6) is 0 Å².